The van der Waals surface area contributed by atoms with Crippen molar-refractivity contribution in [2.75, 3.05) is 0 Å². The molecule has 22 heavy (non-hydrogen) atoms. The quantitative estimate of drug-likeness (QED) is 0.517. The molecule has 3 heteroatoms. The number of rotatable bonds is 0. The number of hydrogen-bond donors (Lipinski definition) is 2. The Morgan fingerprint density at radius 1 is 1.05 bits per heavy atom. The Morgan fingerprint density at radius 2 is 1.82 bits per heavy atom. The van der Waals surface area contributed by atoms with Gasteiger partial charge in [-0.25, -0.2) is 0 Å². The van der Waals surface area contributed by atoms with E-state index in [-0.39, 0.29) is 17.0 Å². The van der Waals surface area contributed by atoms with Gasteiger partial charge in [0.25, 0.3) is 0 Å². The lowest BCUT2D eigenvalue weighted by molar-refractivity contribution is -0.0734. The van der Waals surface area contributed by atoms with Gasteiger partial charge in [0, 0.05) is 5.25 Å². The van der Waals surface area contributed by atoms with Crippen molar-refractivity contribution < 1.29 is 10.6 Å². The molecule has 3 saturated carbocycles. The first kappa shape index (κ1) is 16.9. The van der Waals surface area contributed by atoms with Crippen LogP contribution in [0.3, 0.4) is 0 Å². The predicted molar refractivity (Wildman–Crippen MR) is 94.1 cm³/mol. The molecule has 0 amide bonds. The molecule has 0 aromatic carbocycles. The van der Waals surface area contributed by atoms with Crippen LogP contribution in [0, 0.1) is 28.6 Å². The van der Waals surface area contributed by atoms with Gasteiger partial charge in [0.1, 0.15) is 0 Å². The number of thiol groups is 1. The zero-order valence-electron chi connectivity index (χ0n) is 14.0. The molecule has 4 rings (SSSR count). The topological polar surface area (TPSA) is 51.7 Å². The summed E-state index contributed by atoms with van der Waals surface area (Å²) in [5.74, 6) is 2.50. The number of allylic oxidation sites excluding steroid dienone is 1. The highest BCUT2D eigenvalue weighted by Gasteiger charge is 2.58. The van der Waals surface area contributed by atoms with Gasteiger partial charge in [-0.05, 0) is 80.0 Å². The predicted octanol–water partition coefficient (Wildman–Crippen LogP) is 3.78. The van der Waals surface area contributed by atoms with Gasteiger partial charge in [-0.1, -0.05) is 25.5 Å². The number of hydrogen-bond acceptors (Lipinski definition) is 2. The maximum atomic E-state index is 10.5. The lowest BCUT2D eigenvalue weighted by Crippen LogP contribution is -2.51. The molecule has 4 aliphatic rings. The van der Waals surface area contributed by atoms with E-state index in [2.05, 4.69) is 19.9 Å². The third-order valence-corrected chi connectivity index (χ3v) is 8.45. The first-order chi connectivity index (χ1) is 9.95. The number of aliphatic hydroxyl groups is 1. The van der Waals surface area contributed by atoms with Gasteiger partial charge in [0.05, 0.1) is 6.10 Å². The molecule has 3 N–H and O–H groups in total. The highest BCUT2D eigenvalue weighted by Crippen LogP contribution is 2.65. The van der Waals surface area contributed by atoms with Gasteiger partial charge in [0.15, 0.2) is 0 Å². The zero-order valence-corrected chi connectivity index (χ0v) is 14.9. The summed E-state index contributed by atoms with van der Waals surface area (Å²) in [6, 6.07) is 0. The Hall–Kier alpha value is 0.01000. The average Bonchev–Trinajstić information content (AvgIpc) is 2.76. The van der Waals surface area contributed by atoms with Crippen LogP contribution in [0.25, 0.3) is 0 Å². The van der Waals surface area contributed by atoms with Crippen molar-refractivity contribution in [2.45, 2.75) is 76.6 Å². The van der Waals surface area contributed by atoms with E-state index in [1.807, 2.05) is 0 Å². The summed E-state index contributed by atoms with van der Waals surface area (Å²) in [7, 11) is 0. The first-order valence-electron chi connectivity index (χ1n) is 9.02. The fourth-order valence-electron chi connectivity index (χ4n) is 6.68. The Labute approximate surface area is 140 Å². The minimum atomic E-state index is -0.0404. The summed E-state index contributed by atoms with van der Waals surface area (Å²) in [5.41, 5.74) is 2.38. The smallest absolute Gasteiger partial charge is 0.0596 e. The summed E-state index contributed by atoms with van der Waals surface area (Å²) in [6.45, 7) is 4.92. The molecule has 3 fully saturated rings. The fourth-order valence-corrected chi connectivity index (χ4v) is 6.99. The lowest BCUT2D eigenvalue weighted by Gasteiger charge is -2.58. The first-order valence-corrected chi connectivity index (χ1v) is 9.54. The van der Waals surface area contributed by atoms with E-state index in [4.69, 9.17) is 12.6 Å². The second-order valence-electron chi connectivity index (χ2n) is 8.77. The van der Waals surface area contributed by atoms with Gasteiger partial charge < -0.3 is 10.6 Å². The maximum absolute atomic E-state index is 10.5. The SMILES string of the molecule is C[C@]12CC[C@H]3[C@@H](CCC4=CC(S)CC[C@@]43C)[C@@H]1CC[C@@H]2O.O. The van der Waals surface area contributed by atoms with Crippen molar-refractivity contribution in [3.63, 3.8) is 0 Å². The van der Waals surface area contributed by atoms with Crippen LogP contribution in [-0.2, 0) is 0 Å². The molecule has 0 radical (unpaired) electrons. The van der Waals surface area contributed by atoms with Crippen molar-refractivity contribution in [1.82, 2.24) is 0 Å². The molecule has 0 heterocycles. The molecule has 126 valence electrons. The molecule has 0 aromatic heterocycles. The van der Waals surface area contributed by atoms with Crippen LogP contribution in [0.5, 0.6) is 0 Å². The summed E-state index contributed by atoms with van der Waals surface area (Å²) in [6.07, 6.45) is 12.6. The van der Waals surface area contributed by atoms with Crippen LogP contribution in [0.4, 0.5) is 0 Å². The van der Waals surface area contributed by atoms with Crippen LogP contribution < -0.4 is 0 Å². The fraction of sp³-hybridized carbons (Fsp3) is 0.895. The average molecular weight is 325 g/mol. The largest absolute Gasteiger partial charge is 0.412 e. The minimum absolute atomic E-state index is 0. The zero-order chi connectivity index (χ0) is 14.8. The Kier molecular flexibility index (Phi) is 4.23. The van der Waals surface area contributed by atoms with E-state index in [0.29, 0.717) is 10.7 Å². The molecule has 7 atom stereocenters. The van der Waals surface area contributed by atoms with E-state index >= 15 is 0 Å². The maximum Gasteiger partial charge on any atom is 0.0596 e. The third kappa shape index (κ3) is 2.15. The minimum Gasteiger partial charge on any atom is -0.412 e. The second kappa shape index (κ2) is 5.53. The Morgan fingerprint density at radius 3 is 2.59 bits per heavy atom. The van der Waals surface area contributed by atoms with Crippen molar-refractivity contribution in [3.8, 4) is 0 Å². The molecule has 0 spiro atoms. The number of aliphatic hydroxyl groups excluding tert-OH is 1. The van der Waals surface area contributed by atoms with Crippen LogP contribution in [0.2, 0.25) is 0 Å². The Balaban J connectivity index is 0.00000144. The molecule has 0 saturated heterocycles. The van der Waals surface area contributed by atoms with E-state index in [0.717, 1.165) is 24.2 Å². The van der Waals surface area contributed by atoms with Gasteiger partial charge >= 0.3 is 0 Å². The van der Waals surface area contributed by atoms with Gasteiger partial charge in [-0.15, -0.1) is 0 Å². The van der Waals surface area contributed by atoms with Crippen molar-refractivity contribution in [3.05, 3.63) is 11.6 Å². The summed E-state index contributed by atoms with van der Waals surface area (Å²) in [5, 5.41) is 11.0. The molecule has 0 aliphatic heterocycles. The van der Waals surface area contributed by atoms with Gasteiger partial charge in [-0.3, -0.25) is 0 Å². The molecular formula is C19H32O2S. The number of fused-ring (bicyclic) bond motifs is 5. The van der Waals surface area contributed by atoms with E-state index in [9.17, 15) is 5.11 Å². The van der Waals surface area contributed by atoms with E-state index in [1.165, 1.54) is 44.9 Å². The van der Waals surface area contributed by atoms with Gasteiger partial charge in [-0.2, -0.15) is 12.6 Å². The summed E-state index contributed by atoms with van der Waals surface area (Å²) >= 11 is 4.71. The van der Waals surface area contributed by atoms with Crippen LogP contribution in [-0.4, -0.2) is 21.9 Å². The highest BCUT2D eigenvalue weighted by molar-refractivity contribution is 7.81. The Bertz CT molecular complexity index is 476. The van der Waals surface area contributed by atoms with Crippen LogP contribution >= 0.6 is 12.6 Å². The van der Waals surface area contributed by atoms with Crippen LogP contribution in [0.1, 0.15) is 65.2 Å². The molecule has 4 aliphatic carbocycles. The molecule has 1 unspecified atom stereocenters. The summed E-state index contributed by atoms with van der Waals surface area (Å²) < 4.78 is 0. The second-order valence-corrected chi connectivity index (χ2v) is 9.43. The molecule has 2 nitrogen and oxygen atoms in total. The monoisotopic (exact) mass is 324 g/mol. The third-order valence-electron chi connectivity index (χ3n) is 8.04. The van der Waals surface area contributed by atoms with E-state index < -0.39 is 0 Å². The normalized spacial score (nSPS) is 53.6. The molecule has 0 aromatic rings. The lowest BCUT2D eigenvalue weighted by atomic mass is 9.47. The van der Waals surface area contributed by atoms with Gasteiger partial charge in [0.2, 0.25) is 0 Å². The van der Waals surface area contributed by atoms with Crippen molar-refractivity contribution >= 4 is 12.6 Å². The molecular weight excluding hydrogens is 292 g/mol. The highest BCUT2D eigenvalue weighted by atomic mass is 32.1. The van der Waals surface area contributed by atoms with Crippen LogP contribution in [0.15, 0.2) is 11.6 Å². The van der Waals surface area contributed by atoms with Crippen molar-refractivity contribution in [2.24, 2.45) is 28.6 Å². The van der Waals surface area contributed by atoms with E-state index in [1.54, 1.807) is 5.57 Å². The molecule has 0 bridgehead atoms. The van der Waals surface area contributed by atoms with Crippen molar-refractivity contribution in [1.29, 1.82) is 0 Å². The standard InChI is InChI=1S/C19H30OS.H2O/c1-18-9-7-13(21)11-12(18)3-4-14-15-5-6-17(20)19(15,2)10-8-16(14)18;/h11,13-17,20-21H,3-10H2,1-2H3;1H2/t13?,14-,15-,16-,17-,18-,19-;/m0./s1. The summed E-state index contributed by atoms with van der Waals surface area (Å²) in [4.78, 5) is 0.